The van der Waals surface area contributed by atoms with Gasteiger partial charge in [0.15, 0.2) is 0 Å². The van der Waals surface area contributed by atoms with Gasteiger partial charge in [-0.25, -0.2) is 0 Å². The number of carbonyl (C=O) groups is 1. The molecule has 0 aliphatic carbocycles. The van der Waals surface area contributed by atoms with E-state index in [4.69, 9.17) is 10.4 Å². The van der Waals surface area contributed by atoms with Crippen LogP contribution in [0, 0.1) is 17.2 Å². The number of fused-ring (bicyclic) bond motifs is 1. The molecule has 0 amide bonds. The van der Waals surface area contributed by atoms with E-state index in [1.807, 2.05) is 48.5 Å². The summed E-state index contributed by atoms with van der Waals surface area (Å²) in [5.74, 6) is -2.05. The standard InChI is InChI=1S/C14H11NO2/c15-9-12(14(16)17)8-11-6-3-5-10-4-1-2-7-13(10)11/h1-7,12H,8H2,(H,16,17)/t12-/m1/s1. The Hall–Kier alpha value is -2.34. The molecule has 0 aromatic heterocycles. The van der Waals surface area contributed by atoms with Crippen LogP contribution >= 0.6 is 0 Å². The Balaban J connectivity index is 2.43. The van der Waals surface area contributed by atoms with Gasteiger partial charge >= 0.3 is 5.97 Å². The molecule has 0 unspecified atom stereocenters. The number of carboxylic acids is 1. The number of aliphatic carboxylic acids is 1. The first-order valence-corrected chi connectivity index (χ1v) is 5.31. The first-order valence-electron chi connectivity index (χ1n) is 5.31. The minimum absolute atomic E-state index is 0.243. The highest BCUT2D eigenvalue weighted by Gasteiger charge is 2.17. The molecule has 2 aromatic carbocycles. The van der Waals surface area contributed by atoms with Gasteiger partial charge in [0, 0.05) is 0 Å². The molecule has 0 aliphatic heterocycles. The van der Waals surface area contributed by atoms with Crippen LogP contribution in [0.3, 0.4) is 0 Å². The maximum Gasteiger partial charge on any atom is 0.321 e. The predicted octanol–water partition coefficient (Wildman–Crippen LogP) is 2.61. The fourth-order valence-electron chi connectivity index (χ4n) is 1.88. The second kappa shape index (κ2) is 4.67. The summed E-state index contributed by atoms with van der Waals surface area (Å²) in [6.45, 7) is 0. The lowest BCUT2D eigenvalue weighted by Gasteiger charge is -2.07. The third-order valence-electron chi connectivity index (χ3n) is 2.76. The van der Waals surface area contributed by atoms with Gasteiger partial charge in [-0.2, -0.15) is 5.26 Å². The van der Waals surface area contributed by atoms with E-state index < -0.39 is 11.9 Å². The molecule has 84 valence electrons. The molecule has 1 N–H and O–H groups in total. The predicted molar refractivity (Wildman–Crippen MR) is 64.4 cm³/mol. The Bertz CT molecular complexity index is 593. The first kappa shape index (κ1) is 11.2. The highest BCUT2D eigenvalue weighted by molar-refractivity contribution is 5.86. The van der Waals surface area contributed by atoms with Crippen molar-refractivity contribution in [2.45, 2.75) is 6.42 Å². The fourth-order valence-corrected chi connectivity index (χ4v) is 1.88. The summed E-state index contributed by atoms with van der Waals surface area (Å²) in [6, 6.07) is 15.3. The molecule has 2 rings (SSSR count). The lowest BCUT2D eigenvalue weighted by molar-refractivity contribution is -0.139. The zero-order valence-corrected chi connectivity index (χ0v) is 9.13. The molecule has 0 aliphatic rings. The second-order valence-electron chi connectivity index (χ2n) is 3.86. The number of rotatable bonds is 3. The van der Waals surface area contributed by atoms with Crippen molar-refractivity contribution in [1.29, 1.82) is 5.26 Å². The van der Waals surface area contributed by atoms with Crippen molar-refractivity contribution < 1.29 is 9.90 Å². The van der Waals surface area contributed by atoms with E-state index >= 15 is 0 Å². The normalized spacial score (nSPS) is 11.9. The summed E-state index contributed by atoms with van der Waals surface area (Å²) in [6.07, 6.45) is 0.243. The van der Waals surface area contributed by atoms with Gasteiger partial charge in [0.25, 0.3) is 0 Å². The lowest BCUT2D eigenvalue weighted by Crippen LogP contribution is -2.14. The van der Waals surface area contributed by atoms with Gasteiger partial charge in [-0.3, -0.25) is 4.79 Å². The van der Waals surface area contributed by atoms with E-state index in [-0.39, 0.29) is 6.42 Å². The van der Waals surface area contributed by atoms with E-state index in [9.17, 15) is 4.79 Å². The van der Waals surface area contributed by atoms with Gasteiger partial charge < -0.3 is 5.11 Å². The molecule has 0 radical (unpaired) electrons. The fraction of sp³-hybridized carbons (Fsp3) is 0.143. The topological polar surface area (TPSA) is 61.1 Å². The number of benzene rings is 2. The highest BCUT2D eigenvalue weighted by atomic mass is 16.4. The van der Waals surface area contributed by atoms with Crippen LogP contribution in [0.5, 0.6) is 0 Å². The maximum absolute atomic E-state index is 10.8. The van der Waals surface area contributed by atoms with Gasteiger partial charge in [0.1, 0.15) is 5.92 Å². The monoisotopic (exact) mass is 225 g/mol. The molecule has 0 bridgehead atoms. The summed E-state index contributed by atoms with van der Waals surface area (Å²) >= 11 is 0. The smallest absolute Gasteiger partial charge is 0.321 e. The minimum atomic E-state index is -1.07. The van der Waals surface area contributed by atoms with Crippen LogP contribution in [-0.2, 0) is 11.2 Å². The van der Waals surface area contributed by atoms with Crippen molar-refractivity contribution in [3.8, 4) is 6.07 Å². The maximum atomic E-state index is 10.8. The molecule has 0 spiro atoms. The Kier molecular flexibility index (Phi) is 3.06. The molecule has 17 heavy (non-hydrogen) atoms. The van der Waals surface area contributed by atoms with Gasteiger partial charge in [0.05, 0.1) is 6.07 Å². The Morgan fingerprint density at radius 2 is 1.94 bits per heavy atom. The van der Waals surface area contributed by atoms with Gasteiger partial charge in [-0.15, -0.1) is 0 Å². The molecule has 1 atom stereocenters. The average molecular weight is 225 g/mol. The highest BCUT2D eigenvalue weighted by Crippen LogP contribution is 2.21. The van der Waals surface area contributed by atoms with Crippen LogP contribution < -0.4 is 0 Å². The summed E-state index contributed by atoms with van der Waals surface area (Å²) in [4.78, 5) is 10.8. The number of hydrogen-bond donors (Lipinski definition) is 1. The zero-order chi connectivity index (χ0) is 12.3. The number of carboxylic acid groups (broad SMARTS) is 1. The van der Waals surface area contributed by atoms with Crippen molar-refractivity contribution in [3.63, 3.8) is 0 Å². The van der Waals surface area contributed by atoms with Gasteiger partial charge in [-0.05, 0) is 22.8 Å². The van der Waals surface area contributed by atoms with Crippen molar-refractivity contribution in [2.75, 3.05) is 0 Å². The van der Waals surface area contributed by atoms with E-state index in [2.05, 4.69) is 0 Å². The van der Waals surface area contributed by atoms with Crippen molar-refractivity contribution in [3.05, 3.63) is 48.0 Å². The molecule has 3 nitrogen and oxygen atoms in total. The lowest BCUT2D eigenvalue weighted by atomic mass is 9.96. The SMILES string of the molecule is N#C[C@@H](Cc1cccc2ccccc12)C(=O)O. The molecule has 0 saturated heterocycles. The van der Waals surface area contributed by atoms with Crippen LogP contribution in [0.2, 0.25) is 0 Å². The van der Waals surface area contributed by atoms with Crippen molar-refractivity contribution in [1.82, 2.24) is 0 Å². The summed E-state index contributed by atoms with van der Waals surface area (Å²) in [5, 5.41) is 19.8. The number of nitriles is 1. The minimum Gasteiger partial charge on any atom is -0.480 e. The summed E-state index contributed by atoms with van der Waals surface area (Å²) in [5.41, 5.74) is 0.900. The van der Waals surface area contributed by atoms with Crippen molar-refractivity contribution >= 4 is 16.7 Å². The van der Waals surface area contributed by atoms with E-state index in [1.54, 1.807) is 0 Å². The van der Waals surface area contributed by atoms with E-state index in [0.717, 1.165) is 16.3 Å². The number of hydrogen-bond acceptors (Lipinski definition) is 2. The van der Waals surface area contributed by atoms with Crippen LogP contribution in [-0.4, -0.2) is 11.1 Å². The quantitative estimate of drug-likeness (QED) is 0.873. The Morgan fingerprint density at radius 3 is 2.65 bits per heavy atom. The zero-order valence-electron chi connectivity index (χ0n) is 9.13. The molecule has 3 heteroatoms. The van der Waals surface area contributed by atoms with Crippen molar-refractivity contribution in [2.24, 2.45) is 5.92 Å². The average Bonchev–Trinajstić information content (AvgIpc) is 2.35. The third-order valence-corrected chi connectivity index (χ3v) is 2.76. The molecular formula is C14H11NO2. The Morgan fingerprint density at radius 1 is 1.24 bits per heavy atom. The van der Waals surface area contributed by atoms with Crippen LogP contribution in [0.25, 0.3) is 10.8 Å². The molecule has 2 aromatic rings. The summed E-state index contributed by atoms with van der Waals surface area (Å²) < 4.78 is 0. The van der Waals surface area contributed by atoms with Crippen LogP contribution in [0.1, 0.15) is 5.56 Å². The van der Waals surface area contributed by atoms with Crippen LogP contribution in [0.4, 0.5) is 0 Å². The third kappa shape index (κ3) is 2.26. The van der Waals surface area contributed by atoms with Crippen LogP contribution in [0.15, 0.2) is 42.5 Å². The van der Waals surface area contributed by atoms with Gasteiger partial charge in [0.2, 0.25) is 0 Å². The second-order valence-corrected chi connectivity index (χ2v) is 3.86. The largest absolute Gasteiger partial charge is 0.480 e. The number of nitrogens with zero attached hydrogens (tertiary/aromatic N) is 1. The molecule has 0 heterocycles. The molecule has 0 saturated carbocycles. The molecular weight excluding hydrogens is 214 g/mol. The Labute approximate surface area is 98.9 Å². The van der Waals surface area contributed by atoms with E-state index in [0.29, 0.717) is 0 Å². The van der Waals surface area contributed by atoms with Gasteiger partial charge in [-0.1, -0.05) is 42.5 Å². The molecule has 0 fully saturated rings. The first-order chi connectivity index (χ1) is 8.22. The summed E-state index contributed by atoms with van der Waals surface area (Å²) in [7, 11) is 0. The van der Waals surface area contributed by atoms with E-state index in [1.165, 1.54) is 0 Å².